The van der Waals surface area contributed by atoms with Gasteiger partial charge in [-0.3, -0.25) is 4.79 Å². The van der Waals surface area contributed by atoms with E-state index < -0.39 is 0 Å². The van der Waals surface area contributed by atoms with E-state index in [9.17, 15) is 9.18 Å². The lowest BCUT2D eigenvalue weighted by Gasteiger charge is -2.34. The predicted octanol–water partition coefficient (Wildman–Crippen LogP) is 3.87. The molecule has 2 rings (SSSR count). The summed E-state index contributed by atoms with van der Waals surface area (Å²) in [6, 6.07) is 6.14. The topological polar surface area (TPSA) is 20.3 Å². The Morgan fingerprint density at radius 3 is 2.32 bits per heavy atom. The molecule has 0 atom stereocenters. The molecular formula is C16H22FNO. The fourth-order valence-corrected chi connectivity index (χ4v) is 2.90. The third-order valence-electron chi connectivity index (χ3n) is 4.35. The van der Waals surface area contributed by atoms with E-state index in [1.165, 1.54) is 31.4 Å². The molecule has 1 saturated carbocycles. The van der Waals surface area contributed by atoms with Crippen molar-refractivity contribution >= 4 is 5.91 Å². The van der Waals surface area contributed by atoms with Crippen LogP contribution in [0.3, 0.4) is 0 Å². The zero-order valence-corrected chi connectivity index (χ0v) is 11.7. The van der Waals surface area contributed by atoms with E-state index in [0.29, 0.717) is 11.6 Å². The summed E-state index contributed by atoms with van der Waals surface area (Å²) in [5, 5.41) is 0. The van der Waals surface area contributed by atoms with E-state index in [0.717, 1.165) is 18.8 Å². The van der Waals surface area contributed by atoms with Crippen molar-refractivity contribution in [1.82, 2.24) is 4.90 Å². The van der Waals surface area contributed by atoms with Crippen LogP contribution >= 0.6 is 0 Å². The number of halogens is 1. The van der Waals surface area contributed by atoms with E-state index >= 15 is 0 Å². The van der Waals surface area contributed by atoms with Gasteiger partial charge in [-0.2, -0.15) is 0 Å². The summed E-state index contributed by atoms with van der Waals surface area (Å²) >= 11 is 0. The molecule has 2 nitrogen and oxygen atoms in total. The maximum Gasteiger partial charge on any atom is 0.253 e. The zero-order chi connectivity index (χ0) is 13.8. The smallest absolute Gasteiger partial charge is 0.253 e. The molecule has 0 aliphatic heterocycles. The lowest BCUT2D eigenvalue weighted by molar-refractivity contribution is 0.0674. The first kappa shape index (κ1) is 14.0. The van der Waals surface area contributed by atoms with Gasteiger partial charge in [-0.15, -0.1) is 0 Å². The van der Waals surface area contributed by atoms with Gasteiger partial charge < -0.3 is 4.90 Å². The van der Waals surface area contributed by atoms with Gasteiger partial charge in [0.25, 0.3) is 5.91 Å². The van der Waals surface area contributed by atoms with Gasteiger partial charge in [-0.25, -0.2) is 4.39 Å². The molecule has 1 amide bonds. The first-order valence-corrected chi connectivity index (χ1v) is 7.14. The van der Waals surface area contributed by atoms with Crippen LogP contribution in [0.2, 0.25) is 0 Å². The molecule has 1 fully saturated rings. The molecule has 0 N–H and O–H groups in total. The van der Waals surface area contributed by atoms with Crippen LogP contribution in [0.15, 0.2) is 24.3 Å². The second kappa shape index (κ2) is 6.18. The third-order valence-corrected chi connectivity index (χ3v) is 4.35. The number of hydrogen-bond donors (Lipinski definition) is 0. The number of carbonyl (C=O) groups excluding carboxylic acids is 1. The van der Waals surface area contributed by atoms with Gasteiger partial charge >= 0.3 is 0 Å². The first-order chi connectivity index (χ1) is 9.11. The van der Waals surface area contributed by atoms with Gasteiger partial charge in [-0.1, -0.05) is 13.3 Å². The van der Waals surface area contributed by atoms with Crippen molar-refractivity contribution in [3.8, 4) is 0 Å². The highest BCUT2D eigenvalue weighted by Crippen LogP contribution is 2.29. The van der Waals surface area contributed by atoms with Gasteiger partial charge in [0.15, 0.2) is 0 Å². The normalized spacial score (nSPS) is 23.1. The highest BCUT2D eigenvalue weighted by molar-refractivity contribution is 5.94. The number of benzene rings is 1. The Labute approximate surface area is 114 Å². The quantitative estimate of drug-likeness (QED) is 0.810. The minimum atomic E-state index is -0.303. The molecule has 1 aliphatic carbocycles. The van der Waals surface area contributed by atoms with Crippen LogP contribution in [-0.4, -0.2) is 23.9 Å². The molecular weight excluding hydrogens is 241 g/mol. The maximum absolute atomic E-state index is 12.9. The highest BCUT2D eigenvalue weighted by Gasteiger charge is 2.26. The lowest BCUT2D eigenvalue weighted by atomic mass is 9.84. The molecule has 0 heterocycles. The van der Waals surface area contributed by atoms with E-state index in [1.807, 2.05) is 11.9 Å². The maximum atomic E-state index is 12.9. The second-order valence-electron chi connectivity index (χ2n) is 5.51. The van der Waals surface area contributed by atoms with E-state index in [2.05, 4.69) is 6.92 Å². The van der Waals surface area contributed by atoms with Crippen molar-refractivity contribution in [2.75, 3.05) is 7.05 Å². The molecule has 3 heteroatoms. The molecule has 0 saturated heterocycles. The Kier molecular flexibility index (Phi) is 4.56. The van der Waals surface area contributed by atoms with Crippen LogP contribution in [0.1, 0.15) is 49.4 Å². The number of amides is 1. The van der Waals surface area contributed by atoms with Crippen molar-refractivity contribution in [1.29, 1.82) is 0 Å². The Balaban J connectivity index is 1.98. The van der Waals surface area contributed by atoms with Crippen LogP contribution < -0.4 is 0 Å². The van der Waals surface area contributed by atoms with Gasteiger partial charge in [-0.05, 0) is 55.9 Å². The molecule has 1 aliphatic rings. The highest BCUT2D eigenvalue weighted by atomic mass is 19.1. The number of rotatable bonds is 3. The Morgan fingerprint density at radius 1 is 1.21 bits per heavy atom. The van der Waals surface area contributed by atoms with Crippen LogP contribution in [-0.2, 0) is 0 Å². The van der Waals surface area contributed by atoms with Gasteiger partial charge in [0.05, 0.1) is 0 Å². The van der Waals surface area contributed by atoms with Crippen molar-refractivity contribution < 1.29 is 9.18 Å². The monoisotopic (exact) mass is 263 g/mol. The minimum absolute atomic E-state index is 0.0000477. The average molecular weight is 263 g/mol. The molecule has 1 aromatic carbocycles. The van der Waals surface area contributed by atoms with Gasteiger partial charge in [0.2, 0.25) is 0 Å². The molecule has 0 radical (unpaired) electrons. The van der Waals surface area contributed by atoms with Crippen molar-refractivity contribution in [3.63, 3.8) is 0 Å². The fourth-order valence-electron chi connectivity index (χ4n) is 2.90. The van der Waals surface area contributed by atoms with Crippen LogP contribution in [0.5, 0.6) is 0 Å². The summed E-state index contributed by atoms with van der Waals surface area (Å²) in [4.78, 5) is 14.1. The number of carbonyl (C=O) groups is 1. The van der Waals surface area contributed by atoms with E-state index in [-0.39, 0.29) is 11.7 Å². The minimum Gasteiger partial charge on any atom is -0.339 e. The largest absolute Gasteiger partial charge is 0.339 e. The Morgan fingerprint density at radius 2 is 1.79 bits per heavy atom. The van der Waals surface area contributed by atoms with E-state index in [1.54, 1.807) is 12.1 Å². The Bertz CT molecular complexity index is 421. The van der Waals surface area contributed by atoms with Crippen molar-refractivity contribution in [2.24, 2.45) is 5.92 Å². The third kappa shape index (κ3) is 3.34. The summed E-state index contributed by atoms with van der Waals surface area (Å²) in [5.41, 5.74) is 0.571. The summed E-state index contributed by atoms with van der Waals surface area (Å²) in [7, 11) is 1.86. The van der Waals surface area contributed by atoms with Gasteiger partial charge in [0, 0.05) is 18.7 Å². The fraction of sp³-hybridized carbons (Fsp3) is 0.562. The molecule has 0 aromatic heterocycles. The number of hydrogen-bond acceptors (Lipinski definition) is 1. The SMILES string of the molecule is CCC1CCC(N(C)C(=O)c2ccc(F)cc2)CC1. The lowest BCUT2D eigenvalue weighted by Crippen LogP contribution is -2.39. The average Bonchev–Trinajstić information content (AvgIpc) is 2.46. The summed E-state index contributed by atoms with van der Waals surface area (Å²) in [5.74, 6) is 0.521. The van der Waals surface area contributed by atoms with E-state index in [4.69, 9.17) is 0 Å². The molecule has 19 heavy (non-hydrogen) atoms. The van der Waals surface area contributed by atoms with Crippen molar-refractivity contribution in [2.45, 2.75) is 45.1 Å². The van der Waals surface area contributed by atoms with Crippen LogP contribution in [0.4, 0.5) is 4.39 Å². The molecule has 0 spiro atoms. The summed E-state index contributed by atoms with van der Waals surface area (Å²) in [6.45, 7) is 2.23. The summed E-state index contributed by atoms with van der Waals surface area (Å²) in [6.07, 6.45) is 5.83. The van der Waals surface area contributed by atoms with Gasteiger partial charge in [0.1, 0.15) is 5.82 Å². The van der Waals surface area contributed by atoms with Crippen LogP contribution in [0, 0.1) is 11.7 Å². The second-order valence-corrected chi connectivity index (χ2v) is 5.51. The summed E-state index contributed by atoms with van der Waals surface area (Å²) < 4.78 is 12.9. The zero-order valence-electron chi connectivity index (χ0n) is 11.7. The van der Waals surface area contributed by atoms with Crippen LogP contribution in [0.25, 0.3) is 0 Å². The van der Waals surface area contributed by atoms with Crippen molar-refractivity contribution in [3.05, 3.63) is 35.6 Å². The predicted molar refractivity (Wildman–Crippen MR) is 74.5 cm³/mol. The molecule has 0 bridgehead atoms. The number of nitrogens with zero attached hydrogens (tertiary/aromatic N) is 1. The molecule has 0 unspecified atom stereocenters. The first-order valence-electron chi connectivity index (χ1n) is 7.14. The molecule has 104 valence electrons. The Hall–Kier alpha value is -1.38. The standard InChI is InChI=1S/C16H22FNO/c1-3-12-4-10-15(11-5-12)18(2)16(19)13-6-8-14(17)9-7-13/h6-9,12,15H,3-5,10-11H2,1-2H3. The molecule has 1 aromatic rings.